The molecule has 1 heterocycles. The molecule has 0 aliphatic heterocycles. The summed E-state index contributed by atoms with van der Waals surface area (Å²) in [5.74, 6) is 0.0842. The Balaban J connectivity index is 1.87. The maximum absolute atomic E-state index is 13.4. The van der Waals surface area contributed by atoms with Crippen LogP contribution in [0, 0.1) is 11.3 Å². The van der Waals surface area contributed by atoms with Gasteiger partial charge < -0.3 is 10.6 Å². The lowest BCUT2D eigenvalue weighted by Gasteiger charge is -2.15. The largest absolute Gasteiger partial charge is 0.421 e. The molecule has 0 amide bonds. The van der Waals surface area contributed by atoms with Gasteiger partial charge in [0.25, 0.3) is 0 Å². The van der Waals surface area contributed by atoms with E-state index in [4.69, 9.17) is 5.26 Å². The van der Waals surface area contributed by atoms with Crippen LogP contribution < -0.4 is 10.6 Å². The van der Waals surface area contributed by atoms with Crippen LogP contribution in [0.3, 0.4) is 0 Å². The Labute approximate surface area is 172 Å². The number of hydrogen-bond donors (Lipinski definition) is 2. The molecular formula is C22H20F3N5. The van der Waals surface area contributed by atoms with Crippen LogP contribution in [0.4, 0.5) is 36.3 Å². The zero-order valence-electron chi connectivity index (χ0n) is 16.5. The molecule has 3 aromatic rings. The van der Waals surface area contributed by atoms with Crippen LogP contribution in [0.15, 0.2) is 54.7 Å². The Morgan fingerprint density at radius 2 is 1.60 bits per heavy atom. The molecule has 1 atom stereocenters. The molecule has 0 bridgehead atoms. The smallest absolute Gasteiger partial charge is 0.340 e. The van der Waals surface area contributed by atoms with E-state index in [1.165, 1.54) is 29.8 Å². The first-order chi connectivity index (χ1) is 14.3. The van der Waals surface area contributed by atoms with Crippen molar-refractivity contribution >= 4 is 23.1 Å². The number of anilines is 4. The molecule has 0 radical (unpaired) electrons. The Morgan fingerprint density at radius 1 is 1.00 bits per heavy atom. The highest BCUT2D eigenvalue weighted by molar-refractivity contribution is 5.63. The first kappa shape index (κ1) is 21.1. The van der Waals surface area contributed by atoms with Gasteiger partial charge in [0.2, 0.25) is 5.95 Å². The number of benzene rings is 2. The van der Waals surface area contributed by atoms with Crippen LogP contribution in [0.5, 0.6) is 0 Å². The number of rotatable bonds is 6. The zero-order valence-corrected chi connectivity index (χ0v) is 16.5. The minimum atomic E-state index is -4.62. The SMILES string of the molecule is CCC(C)c1ccc(Nc2ncc(C(F)(F)F)c(Nc3ccc(C#N)cc3)n2)cc1. The summed E-state index contributed by atoms with van der Waals surface area (Å²) < 4.78 is 40.2. The zero-order chi connectivity index (χ0) is 21.7. The lowest BCUT2D eigenvalue weighted by atomic mass is 9.99. The summed E-state index contributed by atoms with van der Waals surface area (Å²) in [5, 5.41) is 14.5. The standard InChI is InChI=1S/C22H20F3N5/c1-3-14(2)16-6-10-18(11-7-16)29-21-27-13-19(22(23,24)25)20(30-21)28-17-8-4-15(12-26)5-9-17/h4-11,13-14H,3H2,1-2H3,(H2,27,28,29,30). The normalized spacial score (nSPS) is 12.1. The lowest BCUT2D eigenvalue weighted by molar-refractivity contribution is -0.137. The van der Waals surface area contributed by atoms with Crippen molar-refractivity contribution in [2.45, 2.75) is 32.4 Å². The number of nitrogens with one attached hydrogen (secondary N) is 2. The van der Waals surface area contributed by atoms with Crippen molar-refractivity contribution in [1.82, 2.24) is 9.97 Å². The molecule has 0 aliphatic rings. The number of aromatic nitrogens is 2. The minimum Gasteiger partial charge on any atom is -0.340 e. The maximum atomic E-state index is 13.4. The molecule has 2 aromatic carbocycles. The summed E-state index contributed by atoms with van der Waals surface area (Å²) in [6, 6.07) is 15.6. The molecule has 0 aliphatic carbocycles. The van der Waals surface area contributed by atoms with Gasteiger partial charge in [-0.1, -0.05) is 26.0 Å². The molecule has 0 spiro atoms. The first-order valence-electron chi connectivity index (χ1n) is 9.38. The van der Waals surface area contributed by atoms with E-state index in [0.29, 0.717) is 22.9 Å². The molecule has 1 unspecified atom stereocenters. The summed E-state index contributed by atoms with van der Waals surface area (Å²) in [6.07, 6.45) is -2.86. The van der Waals surface area contributed by atoms with Gasteiger partial charge in [-0.2, -0.15) is 23.4 Å². The second-order valence-corrected chi connectivity index (χ2v) is 6.82. The van der Waals surface area contributed by atoms with Crippen LogP contribution in [0.1, 0.15) is 42.9 Å². The predicted molar refractivity (Wildman–Crippen MR) is 110 cm³/mol. The van der Waals surface area contributed by atoms with Gasteiger partial charge in [-0.3, -0.25) is 0 Å². The van der Waals surface area contributed by atoms with Crippen molar-refractivity contribution in [3.63, 3.8) is 0 Å². The third-order valence-corrected chi connectivity index (χ3v) is 4.72. The highest BCUT2D eigenvalue weighted by Crippen LogP contribution is 2.35. The molecule has 0 fully saturated rings. The van der Waals surface area contributed by atoms with Crippen LogP contribution >= 0.6 is 0 Å². The fraction of sp³-hybridized carbons (Fsp3) is 0.227. The van der Waals surface area contributed by atoms with Crippen LogP contribution in [0.2, 0.25) is 0 Å². The summed E-state index contributed by atoms with van der Waals surface area (Å²) in [7, 11) is 0. The Kier molecular flexibility index (Phi) is 6.21. The van der Waals surface area contributed by atoms with E-state index >= 15 is 0 Å². The fourth-order valence-corrected chi connectivity index (χ4v) is 2.77. The van der Waals surface area contributed by atoms with Gasteiger partial charge in [0.05, 0.1) is 11.6 Å². The number of nitrogens with zero attached hydrogens (tertiary/aromatic N) is 3. The molecule has 8 heteroatoms. The predicted octanol–water partition coefficient (Wildman–Crippen LogP) is 6.37. The van der Waals surface area contributed by atoms with E-state index in [1.807, 2.05) is 30.3 Å². The fourth-order valence-electron chi connectivity index (χ4n) is 2.77. The van der Waals surface area contributed by atoms with Crippen molar-refractivity contribution in [3.8, 4) is 6.07 Å². The van der Waals surface area contributed by atoms with Crippen LogP contribution in [0.25, 0.3) is 0 Å². The molecule has 1 aromatic heterocycles. The summed E-state index contributed by atoms with van der Waals surface area (Å²) >= 11 is 0. The average Bonchev–Trinajstić information content (AvgIpc) is 2.73. The van der Waals surface area contributed by atoms with Crippen LogP contribution in [-0.4, -0.2) is 9.97 Å². The number of alkyl halides is 3. The van der Waals surface area contributed by atoms with Gasteiger partial charge in [-0.25, -0.2) is 4.98 Å². The Hall–Kier alpha value is -3.60. The van der Waals surface area contributed by atoms with E-state index in [0.717, 1.165) is 12.6 Å². The van der Waals surface area contributed by atoms with Crippen molar-refractivity contribution in [3.05, 3.63) is 71.4 Å². The van der Waals surface area contributed by atoms with Gasteiger partial charge >= 0.3 is 6.18 Å². The molecule has 3 rings (SSSR count). The van der Waals surface area contributed by atoms with Crippen molar-refractivity contribution in [1.29, 1.82) is 5.26 Å². The van der Waals surface area contributed by atoms with E-state index in [-0.39, 0.29) is 11.8 Å². The highest BCUT2D eigenvalue weighted by Gasteiger charge is 2.35. The Bertz CT molecular complexity index is 1040. The monoisotopic (exact) mass is 411 g/mol. The van der Waals surface area contributed by atoms with E-state index in [9.17, 15) is 13.2 Å². The highest BCUT2D eigenvalue weighted by atomic mass is 19.4. The van der Waals surface area contributed by atoms with E-state index in [1.54, 1.807) is 0 Å². The molecule has 154 valence electrons. The molecule has 0 saturated heterocycles. The minimum absolute atomic E-state index is 0.0374. The number of hydrogen-bond acceptors (Lipinski definition) is 5. The van der Waals surface area contributed by atoms with Crippen LogP contribution in [-0.2, 0) is 6.18 Å². The van der Waals surface area contributed by atoms with Gasteiger partial charge in [-0.15, -0.1) is 0 Å². The summed E-state index contributed by atoms with van der Waals surface area (Å²) in [4.78, 5) is 7.85. The molecular weight excluding hydrogens is 391 g/mol. The molecule has 0 saturated carbocycles. The van der Waals surface area contributed by atoms with Gasteiger partial charge in [-0.05, 0) is 54.3 Å². The second-order valence-electron chi connectivity index (χ2n) is 6.82. The topological polar surface area (TPSA) is 73.6 Å². The maximum Gasteiger partial charge on any atom is 0.421 e. The quantitative estimate of drug-likeness (QED) is 0.493. The lowest BCUT2D eigenvalue weighted by Crippen LogP contribution is -2.12. The number of nitriles is 1. The average molecular weight is 411 g/mol. The third kappa shape index (κ3) is 5.06. The number of halogens is 3. The van der Waals surface area contributed by atoms with Gasteiger partial charge in [0, 0.05) is 17.6 Å². The first-order valence-corrected chi connectivity index (χ1v) is 9.38. The van der Waals surface area contributed by atoms with E-state index in [2.05, 4.69) is 34.4 Å². The van der Waals surface area contributed by atoms with Gasteiger partial charge in [0.1, 0.15) is 11.4 Å². The summed E-state index contributed by atoms with van der Waals surface area (Å²) in [6.45, 7) is 4.23. The molecule has 2 N–H and O–H groups in total. The third-order valence-electron chi connectivity index (χ3n) is 4.72. The second kappa shape index (κ2) is 8.82. The van der Waals surface area contributed by atoms with Crippen molar-refractivity contribution in [2.75, 3.05) is 10.6 Å². The Morgan fingerprint density at radius 3 is 2.17 bits per heavy atom. The van der Waals surface area contributed by atoms with Crippen molar-refractivity contribution in [2.24, 2.45) is 0 Å². The summed E-state index contributed by atoms with van der Waals surface area (Å²) in [5.41, 5.74) is 1.65. The van der Waals surface area contributed by atoms with Crippen molar-refractivity contribution < 1.29 is 13.2 Å². The molecule has 5 nitrogen and oxygen atoms in total. The molecule has 30 heavy (non-hydrogen) atoms. The van der Waals surface area contributed by atoms with E-state index < -0.39 is 11.7 Å². The van der Waals surface area contributed by atoms with Gasteiger partial charge in [0.15, 0.2) is 0 Å².